The molecule has 11 heteroatoms. The lowest BCUT2D eigenvalue weighted by Crippen LogP contribution is -2.56. The molecule has 2 aromatic carbocycles. The van der Waals surface area contributed by atoms with E-state index in [0.717, 1.165) is 0 Å². The highest BCUT2D eigenvalue weighted by Gasteiger charge is 2.35. The van der Waals surface area contributed by atoms with Crippen LogP contribution in [0.5, 0.6) is 0 Å². The highest BCUT2D eigenvalue weighted by molar-refractivity contribution is 7.80. The largest absolute Gasteiger partial charge is 0.339 e. The number of nitrogens with zero attached hydrogens (tertiary/aromatic N) is 2. The number of halogens is 3. The van der Waals surface area contributed by atoms with E-state index in [0.29, 0.717) is 16.9 Å². The maximum atomic E-state index is 13.0. The fourth-order valence-electron chi connectivity index (χ4n) is 3.00. The Morgan fingerprint density at radius 1 is 1.00 bits per heavy atom. The first-order valence-corrected chi connectivity index (χ1v) is 11.0. The van der Waals surface area contributed by atoms with Gasteiger partial charge in [0, 0.05) is 12.6 Å². The van der Waals surface area contributed by atoms with Crippen molar-refractivity contribution in [2.75, 3.05) is 5.32 Å². The zero-order valence-corrected chi connectivity index (χ0v) is 20.2. The average molecular weight is 513 g/mol. The molecular formula is C21H20Cl3N5O2S. The first-order valence-electron chi connectivity index (χ1n) is 9.43. The zero-order valence-electron chi connectivity index (χ0n) is 17.1. The summed E-state index contributed by atoms with van der Waals surface area (Å²) in [5.41, 5.74) is 1.67. The van der Waals surface area contributed by atoms with E-state index in [1.54, 1.807) is 49.0 Å². The number of carbonyl (C=O) groups is 1. The third-order valence-corrected chi connectivity index (χ3v) is 5.58. The number of thiocarbonyl (C=S) groups is 1. The Hall–Kier alpha value is -2.52. The molecule has 1 aromatic heterocycles. The Morgan fingerprint density at radius 3 is 2.12 bits per heavy atom. The monoisotopic (exact) mass is 511 g/mol. The third kappa shape index (κ3) is 5.45. The van der Waals surface area contributed by atoms with Crippen molar-refractivity contribution in [1.82, 2.24) is 20.0 Å². The molecule has 3 rings (SSSR count). The predicted octanol–water partition coefficient (Wildman–Crippen LogP) is 3.90. The van der Waals surface area contributed by atoms with Gasteiger partial charge >= 0.3 is 0 Å². The summed E-state index contributed by atoms with van der Waals surface area (Å²) >= 11 is 23.5. The Balaban J connectivity index is 1.80. The minimum atomic E-state index is -1.92. The molecule has 0 saturated heterocycles. The van der Waals surface area contributed by atoms with Crippen molar-refractivity contribution in [3.63, 3.8) is 0 Å². The lowest BCUT2D eigenvalue weighted by Gasteiger charge is -2.27. The van der Waals surface area contributed by atoms with E-state index in [-0.39, 0.29) is 16.4 Å². The van der Waals surface area contributed by atoms with Gasteiger partial charge in [-0.05, 0) is 43.4 Å². The van der Waals surface area contributed by atoms with Gasteiger partial charge in [0.25, 0.3) is 11.5 Å². The van der Waals surface area contributed by atoms with Gasteiger partial charge in [-0.3, -0.25) is 14.3 Å². The number of carbonyl (C=O) groups excluding carboxylic acids is 1. The second-order valence-electron chi connectivity index (χ2n) is 6.85. The maximum absolute atomic E-state index is 13.0. The van der Waals surface area contributed by atoms with Gasteiger partial charge in [-0.25, -0.2) is 4.68 Å². The maximum Gasteiger partial charge on any atom is 0.295 e. The van der Waals surface area contributed by atoms with Crippen LogP contribution in [-0.2, 0) is 7.05 Å². The van der Waals surface area contributed by atoms with E-state index in [2.05, 4.69) is 16.0 Å². The number of anilines is 1. The summed E-state index contributed by atoms with van der Waals surface area (Å²) in [5.74, 6) is -0.459. The fourth-order valence-corrected chi connectivity index (χ4v) is 3.54. The molecule has 0 fully saturated rings. The molecule has 0 saturated carbocycles. The Bertz CT molecular complexity index is 1170. The van der Waals surface area contributed by atoms with Gasteiger partial charge in [0.15, 0.2) is 5.11 Å². The molecule has 0 aliphatic carbocycles. The summed E-state index contributed by atoms with van der Waals surface area (Å²) < 4.78 is 1.28. The van der Waals surface area contributed by atoms with Gasteiger partial charge in [0.05, 0.1) is 11.4 Å². The van der Waals surface area contributed by atoms with Crippen LogP contribution in [0.15, 0.2) is 65.5 Å². The zero-order chi connectivity index (χ0) is 23.5. The number of benzene rings is 2. The molecule has 1 atom stereocenters. The van der Waals surface area contributed by atoms with E-state index in [1.165, 1.54) is 4.68 Å². The lowest BCUT2D eigenvalue weighted by molar-refractivity contribution is 0.0934. The second-order valence-corrected chi connectivity index (χ2v) is 9.63. The molecule has 1 amide bonds. The summed E-state index contributed by atoms with van der Waals surface area (Å²) in [7, 11) is 1.76. The molecule has 168 valence electrons. The van der Waals surface area contributed by atoms with Crippen LogP contribution < -0.4 is 21.5 Å². The fraction of sp³-hybridized carbons (Fsp3) is 0.190. The lowest BCUT2D eigenvalue weighted by atomic mass is 10.2. The molecule has 0 bridgehead atoms. The summed E-state index contributed by atoms with van der Waals surface area (Å²) in [5, 5.41) is 8.23. The van der Waals surface area contributed by atoms with Crippen molar-refractivity contribution < 1.29 is 4.79 Å². The first kappa shape index (κ1) is 24.1. The smallest absolute Gasteiger partial charge is 0.295 e. The third-order valence-electron chi connectivity index (χ3n) is 4.71. The van der Waals surface area contributed by atoms with Crippen molar-refractivity contribution in [1.29, 1.82) is 0 Å². The van der Waals surface area contributed by atoms with E-state index < -0.39 is 15.9 Å². The summed E-state index contributed by atoms with van der Waals surface area (Å²) in [4.78, 5) is 25.5. The van der Waals surface area contributed by atoms with Gasteiger partial charge in [-0.2, -0.15) is 0 Å². The Labute approximate surface area is 205 Å². The highest BCUT2D eigenvalue weighted by atomic mass is 35.6. The van der Waals surface area contributed by atoms with Crippen LogP contribution in [0.4, 0.5) is 5.69 Å². The second kappa shape index (κ2) is 9.95. The van der Waals surface area contributed by atoms with Crippen LogP contribution >= 0.6 is 47.0 Å². The highest BCUT2D eigenvalue weighted by Crippen LogP contribution is 2.29. The molecule has 0 aliphatic heterocycles. The van der Waals surface area contributed by atoms with Crippen molar-refractivity contribution in [2.24, 2.45) is 7.05 Å². The summed E-state index contributed by atoms with van der Waals surface area (Å²) in [6.07, 6.45) is -1.17. The molecule has 0 aliphatic rings. The number of para-hydroxylation sites is 1. The summed E-state index contributed by atoms with van der Waals surface area (Å²) in [6.45, 7) is 1.77. The Morgan fingerprint density at radius 2 is 1.56 bits per heavy atom. The number of hydrogen-bond acceptors (Lipinski definition) is 3. The van der Waals surface area contributed by atoms with Crippen molar-refractivity contribution in [3.8, 4) is 5.69 Å². The molecule has 0 radical (unpaired) electrons. The van der Waals surface area contributed by atoms with Crippen LogP contribution in [0.1, 0.15) is 16.1 Å². The van der Waals surface area contributed by atoms with Gasteiger partial charge < -0.3 is 16.0 Å². The van der Waals surface area contributed by atoms with Crippen LogP contribution in [0.2, 0.25) is 0 Å². The van der Waals surface area contributed by atoms with Crippen LogP contribution in [0.25, 0.3) is 5.69 Å². The molecule has 7 nitrogen and oxygen atoms in total. The average Bonchev–Trinajstić information content (AvgIpc) is 2.97. The van der Waals surface area contributed by atoms with Gasteiger partial charge in [0.2, 0.25) is 3.79 Å². The molecule has 32 heavy (non-hydrogen) atoms. The minimum Gasteiger partial charge on any atom is -0.339 e. The molecule has 1 heterocycles. The van der Waals surface area contributed by atoms with Crippen molar-refractivity contribution >= 4 is 63.7 Å². The van der Waals surface area contributed by atoms with Crippen LogP contribution in [0, 0.1) is 6.92 Å². The number of amides is 1. The number of rotatable bonds is 5. The first-order chi connectivity index (χ1) is 15.1. The number of hydrogen-bond donors (Lipinski definition) is 3. The minimum absolute atomic E-state index is 0.000647. The van der Waals surface area contributed by atoms with Gasteiger partial charge in [0.1, 0.15) is 11.9 Å². The standard InChI is InChI=1S/C21H20Cl3N5O2S/c1-13-16(18(31)29(28(13)2)15-11-7-4-8-12-15)25-20(32)27-19(21(22,23)24)26-17(30)14-9-5-3-6-10-14/h3-12,19H,1-2H3,(H,26,30)(H2,25,27,32)/t19-/m0/s1. The number of aromatic nitrogens is 2. The normalized spacial score (nSPS) is 12.2. The SMILES string of the molecule is Cc1c(NC(=S)N[C@H](NC(=O)c2ccccc2)C(Cl)(Cl)Cl)c(=O)n(-c2ccccc2)n1C. The van der Waals surface area contributed by atoms with Crippen LogP contribution in [0.3, 0.4) is 0 Å². The van der Waals surface area contributed by atoms with E-state index >= 15 is 0 Å². The molecule has 3 N–H and O–H groups in total. The van der Waals surface area contributed by atoms with Crippen molar-refractivity contribution in [3.05, 3.63) is 82.3 Å². The number of nitrogens with one attached hydrogen (secondary N) is 3. The number of alkyl halides is 3. The van der Waals surface area contributed by atoms with Crippen LogP contribution in [-0.4, -0.2) is 30.3 Å². The Kier molecular flexibility index (Phi) is 7.51. The van der Waals surface area contributed by atoms with Gasteiger partial charge in [-0.1, -0.05) is 71.2 Å². The molecule has 0 spiro atoms. The van der Waals surface area contributed by atoms with E-state index in [9.17, 15) is 9.59 Å². The van der Waals surface area contributed by atoms with Gasteiger partial charge in [-0.15, -0.1) is 0 Å². The topological polar surface area (TPSA) is 80.1 Å². The predicted molar refractivity (Wildman–Crippen MR) is 133 cm³/mol. The summed E-state index contributed by atoms with van der Waals surface area (Å²) in [6, 6.07) is 17.6. The molecule has 0 unspecified atom stereocenters. The quantitative estimate of drug-likeness (QED) is 0.274. The van der Waals surface area contributed by atoms with Crippen molar-refractivity contribution in [2.45, 2.75) is 16.9 Å². The molecule has 3 aromatic rings. The molecular weight excluding hydrogens is 493 g/mol. The van der Waals surface area contributed by atoms with E-state index in [4.69, 9.17) is 47.0 Å². The van der Waals surface area contributed by atoms with E-state index in [1.807, 2.05) is 30.3 Å².